The summed E-state index contributed by atoms with van der Waals surface area (Å²) < 4.78 is 7.34. The molecule has 0 unspecified atom stereocenters. The Bertz CT molecular complexity index is 778. The molecule has 0 aliphatic carbocycles. The van der Waals surface area contributed by atoms with Crippen LogP contribution >= 0.6 is 0 Å². The molecule has 1 aliphatic rings. The maximum Gasteiger partial charge on any atom is 0.407 e. The summed E-state index contributed by atoms with van der Waals surface area (Å²) in [6, 6.07) is -0.0904. The Balaban J connectivity index is 1.94. The molecule has 1 fully saturated rings. The number of nitrogens with one attached hydrogen (secondary N) is 1. The minimum Gasteiger partial charge on any atom is -0.444 e. The van der Waals surface area contributed by atoms with Gasteiger partial charge in [-0.25, -0.2) is 4.79 Å². The molecule has 1 aromatic rings. The zero-order valence-corrected chi connectivity index (χ0v) is 21.0. The van der Waals surface area contributed by atoms with Crippen LogP contribution in [0.1, 0.15) is 78.3 Å². The summed E-state index contributed by atoms with van der Waals surface area (Å²) in [5.41, 5.74) is 2.68. The quantitative estimate of drug-likeness (QED) is 0.752. The van der Waals surface area contributed by atoms with Crippen LogP contribution in [0.5, 0.6) is 0 Å². The van der Waals surface area contributed by atoms with Gasteiger partial charge in [-0.15, -0.1) is 0 Å². The molecule has 1 N–H and O–H groups in total. The second-order valence-corrected chi connectivity index (χ2v) is 11.1. The molecule has 1 aromatic heterocycles. The van der Waals surface area contributed by atoms with E-state index in [0.717, 1.165) is 43.7 Å². The van der Waals surface area contributed by atoms with Crippen molar-refractivity contribution in [3.8, 4) is 0 Å². The summed E-state index contributed by atoms with van der Waals surface area (Å²) >= 11 is 0. The highest BCUT2D eigenvalue weighted by atomic mass is 16.6. The van der Waals surface area contributed by atoms with Crippen LogP contribution in [0.25, 0.3) is 0 Å². The molecule has 176 valence electrons. The molecule has 0 saturated carbocycles. The molecule has 2 heterocycles. The number of piperidine rings is 1. The van der Waals surface area contributed by atoms with Crippen molar-refractivity contribution in [2.75, 3.05) is 13.1 Å². The van der Waals surface area contributed by atoms with E-state index in [-0.39, 0.29) is 17.4 Å². The average Bonchev–Trinajstić information content (AvgIpc) is 2.86. The number of alkyl carbamates (subject to hydrolysis) is 1. The summed E-state index contributed by atoms with van der Waals surface area (Å²) in [6.07, 6.45) is 2.65. The fourth-order valence-corrected chi connectivity index (χ4v) is 4.12. The third-order valence-electron chi connectivity index (χ3n) is 5.78. The highest BCUT2D eigenvalue weighted by molar-refractivity contribution is 5.81. The molecule has 1 aliphatic heterocycles. The Kier molecular flexibility index (Phi) is 7.82. The number of aromatic nitrogens is 2. The predicted octanol–water partition coefficient (Wildman–Crippen LogP) is 4.24. The van der Waals surface area contributed by atoms with Crippen molar-refractivity contribution in [2.45, 2.75) is 99.8 Å². The molecule has 1 saturated heterocycles. The van der Waals surface area contributed by atoms with Gasteiger partial charge in [-0.1, -0.05) is 20.8 Å². The molecule has 0 radical (unpaired) electrons. The Labute approximate surface area is 187 Å². The van der Waals surface area contributed by atoms with Crippen LogP contribution in [0.2, 0.25) is 0 Å². The summed E-state index contributed by atoms with van der Waals surface area (Å²) in [5.74, 6) is 0.814. The molecular formula is C24H42N4O3. The molecule has 0 spiro atoms. The van der Waals surface area contributed by atoms with Gasteiger partial charge in [0.05, 0.1) is 12.2 Å². The van der Waals surface area contributed by atoms with Crippen LogP contribution in [-0.2, 0) is 22.5 Å². The number of carbonyl (C=O) groups is 2. The SMILES string of the molecule is Cc1nn(C[C@@H](C)NC(=O)OC(C)(C)C)c(C)c1CC1CCN(C(=O)C(C)(C)C)CC1. The van der Waals surface area contributed by atoms with E-state index >= 15 is 0 Å². The van der Waals surface area contributed by atoms with E-state index in [1.54, 1.807) is 0 Å². The zero-order valence-electron chi connectivity index (χ0n) is 21.0. The zero-order chi connectivity index (χ0) is 23.6. The molecule has 0 bridgehead atoms. The molecule has 0 aromatic carbocycles. The lowest BCUT2D eigenvalue weighted by Gasteiger charge is -2.35. The molecule has 2 amide bonds. The van der Waals surface area contributed by atoms with E-state index in [1.165, 1.54) is 5.56 Å². The minimum absolute atomic E-state index is 0.0904. The first-order chi connectivity index (χ1) is 14.2. The van der Waals surface area contributed by atoms with E-state index in [2.05, 4.69) is 19.2 Å². The largest absolute Gasteiger partial charge is 0.444 e. The second kappa shape index (κ2) is 9.61. The van der Waals surface area contributed by atoms with Crippen LogP contribution in [0.4, 0.5) is 4.79 Å². The van der Waals surface area contributed by atoms with E-state index in [1.807, 2.05) is 58.0 Å². The van der Waals surface area contributed by atoms with Crippen LogP contribution in [0.3, 0.4) is 0 Å². The van der Waals surface area contributed by atoms with Gasteiger partial charge in [0.1, 0.15) is 5.60 Å². The maximum absolute atomic E-state index is 12.5. The number of likely N-dealkylation sites (tertiary alicyclic amines) is 1. The minimum atomic E-state index is -0.512. The van der Waals surface area contributed by atoms with Crippen molar-refractivity contribution in [2.24, 2.45) is 11.3 Å². The average molecular weight is 435 g/mol. The number of nitrogens with zero attached hydrogens (tertiary/aromatic N) is 3. The van der Waals surface area contributed by atoms with Crippen molar-refractivity contribution in [1.82, 2.24) is 20.0 Å². The highest BCUT2D eigenvalue weighted by Gasteiger charge is 2.31. The van der Waals surface area contributed by atoms with Crippen LogP contribution in [0.15, 0.2) is 0 Å². The molecule has 2 rings (SSSR count). The number of rotatable bonds is 5. The van der Waals surface area contributed by atoms with Gasteiger partial charge in [0.25, 0.3) is 0 Å². The Hall–Kier alpha value is -2.05. The molecule has 7 heteroatoms. The number of ether oxygens (including phenoxy) is 1. The van der Waals surface area contributed by atoms with Crippen molar-refractivity contribution >= 4 is 12.0 Å². The van der Waals surface area contributed by atoms with E-state index in [0.29, 0.717) is 12.5 Å². The summed E-state index contributed by atoms with van der Waals surface area (Å²) in [7, 11) is 0. The Morgan fingerprint density at radius 3 is 2.23 bits per heavy atom. The third-order valence-corrected chi connectivity index (χ3v) is 5.78. The third kappa shape index (κ3) is 7.25. The van der Waals surface area contributed by atoms with E-state index in [9.17, 15) is 9.59 Å². The number of hydrogen-bond donors (Lipinski definition) is 1. The number of aryl methyl sites for hydroxylation is 1. The lowest BCUT2D eigenvalue weighted by Crippen LogP contribution is -2.44. The number of hydrogen-bond acceptors (Lipinski definition) is 4. The first-order valence-electron chi connectivity index (χ1n) is 11.5. The lowest BCUT2D eigenvalue weighted by atomic mass is 9.87. The summed E-state index contributed by atoms with van der Waals surface area (Å²) in [5, 5.41) is 7.62. The normalized spacial score (nSPS) is 16.9. The van der Waals surface area contributed by atoms with Crippen molar-refractivity contribution in [3.63, 3.8) is 0 Å². The van der Waals surface area contributed by atoms with Crippen LogP contribution in [-0.4, -0.2) is 51.4 Å². The van der Waals surface area contributed by atoms with Crippen molar-refractivity contribution in [1.29, 1.82) is 0 Å². The van der Waals surface area contributed by atoms with Crippen LogP contribution < -0.4 is 5.32 Å². The van der Waals surface area contributed by atoms with Gasteiger partial charge in [-0.2, -0.15) is 5.10 Å². The van der Waals surface area contributed by atoms with Gasteiger partial charge >= 0.3 is 6.09 Å². The van der Waals surface area contributed by atoms with E-state index < -0.39 is 11.7 Å². The van der Waals surface area contributed by atoms with Gasteiger partial charge in [0, 0.05) is 30.2 Å². The first-order valence-corrected chi connectivity index (χ1v) is 11.5. The van der Waals surface area contributed by atoms with Crippen LogP contribution in [0, 0.1) is 25.2 Å². The number of amides is 2. The summed E-state index contributed by atoms with van der Waals surface area (Å²) in [6.45, 7) is 19.9. The topological polar surface area (TPSA) is 76.5 Å². The molecule has 7 nitrogen and oxygen atoms in total. The van der Waals surface area contributed by atoms with Gasteiger partial charge < -0.3 is 15.0 Å². The highest BCUT2D eigenvalue weighted by Crippen LogP contribution is 2.27. The first kappa shape index (κ1) is 25.2. The van der Waals surface area contributed by atoms with E-state index in [4.69, 9.17) is 9.84 Å². The number of carbonyl (C=O) groups excluding carboxylic acids is 2. The summed E-state index contributed by atoms with van der Waals surface area (Å²) in [4.78, 5) is 26.6. The second-order valence-electron chi connectivity index (χ2n) is 11.1. The van der Waals surface area contributed by atoms with Gasteiger partial charge in [-0.05, 0) is 72.3 Å². The predicted molar refractivity (Wildman–Crippen MR) is 123 cm³/mol. The Morgan fingerprint density at radius 2 is 1.71 bits per heavy atom. The lowest BCUT2D eigenvalue weighted by molar-refractivity contribution is -0.140. The smallest absolute Gasteiger partial charge is 0.407 e. The van der Waals surface area contributed by atoms with Gasteiger partial charge in [0.15, 0.2) is 0 Å². The molecule has 1 atom stereocenters. The van der Waals surface area contributed by atoms with Gasteiger partial charge in [-0.3, -0.25) is 9.48 Å². The van der Waals surface area contributed by atoms with Gasteiger partial charge in [0.2, 0.25) is 5.91 Å². The molecule has 31 heavy (non-hydrogen) atoms. The maximum atomic E-state index is 12.5. The van der Waals surface area contributed by atoms with Crippen molar-refractivity contribution < 1.29 is 14.3 Å². The fraction of sp³-hybridized carbons (Fsp3) is 0.792. The fourth-order valence-electron chi connectivity index (χ4n) is 4.12. The Morgan fingerprint density at radius 1 is 1.13 bits per heavy atom. The van der Waals surface area contributed by atoms with Crippen molar-refractivity contribution in [3.05, 3.63) is 17.0 Å². The standard InChI is InChI=1S/C24H42N4O3/c1-16(25-22(30)31-24(7,8)9)15-28-18(3)20(17(2)26-28)14-19-10-12-27(13-11-19)21(29)23(4,5)6/h16,19H,10-15H2,1-9H3,(H,25,30)/t16-/m1/s1. The monoisotopic (exact) mass is 434 g/mol. The molecular weight excluding hydrogens is 392 g/mol.